The first-order chi connectivity index (χ1) is 6.24. The molecule has 0 saturated carbocycles. The van der Waals surface area contributed by atoms with Gasteiger partial charge in [-0.25, -0.2) is 0 Å². The third-order valence-electron chi connectivity index (χ3n) is 1.58. The molecule has 0 fully saturated rings. The van der Waals surface area contributed by atoms with Crippen LogP contribution in [0.5, 0.6) is 0 Å². The molecule has 0 spiro atoms. The number of carbonyl (C=O) groups excluding carboxylic acids is 1. The van der Waals surface area contributed by atoms with E-state index in [1.165, 1.54) is 11.3 Å². The van der Waals surface area contributed by atoms with Gasteiger partial charge in [-0.15, -0.1) is 11.3 Å². The molecular weight excluding hydrogens is 182 g/mol. The van der Waals surface area contributed by atoms with Crippen LogP contribution in [-0.2, 0) is 0 Å². The second kappa shape index (κ2) is 4.94. The number of nitrogens with one attached hydrogen (secondary N) is 1. The number of hydrogen-bond acceptors (Lipinski definition) is 3. The Morgan fingerprint density at radius 2 is 2.38 bits per heavy atom. The van der Waals surface area contributed by atoms with Crippen molar-refractivity contribution in [3.05, 3.63) is 28.0 Å². The minimum absolute atomic E-state index is 0.137. The minimum Gasteiger partial charge on any atom is -0.316 e. The van der Waals surface area contributed by atoms with Crippen molar-refractivity contribution in [3.8, 4) is 0 Å². The predicted octanol–water partition coefficient (Wildman–Crippen LogP) is 2.18. The summed E-state index contributed by atoms with van der Waals surface area (Å²) in [5.41, 5.74) is 0. The van der Waals surface area contributed by atoms with E-state index in [2.05, 4.69) is 5.32 Å². The Kier molecular flexibility index (Phi) is 3.86. The number of likely N-dealkylation sites (N-methyl/N-ethyl adjacent to an activating group) is 1. The summed E-state index contributed by atoms with van der Waals surface area (Å²) < 4.78 is 0. The number of rotatable bonds is 4. The zero-order valence-corrected chi connectivity index (χ0v) is 8.65. The highest BCUT2D eigenvalue weighted by atomic mass is 32.1. The van der Waals surface area contributed by atoms with Gasteiger partial charge in [0, 0.05) is 11.4 Å². The molecule has 0 amide bonds. The Morgan fingerprint density at radius 3 is 2.92 bits per heavy atom. The summed E-state index contributed by atoms with van der Waals surface area (Å²) in [6.45, 7) is 2.44. The molecule has 1 rings (SSSR count). The molecule has 0 bridgehead atoms. The van der Waals surface area contributed by atoms with E-state index >= 15 is 0 Å². The summed E-state index contributed by atoms with van der Waals surface area (Å²) in [6, 6.07) is 3.83. The van der Waals surface area contributed by atoms with Gasteiger partial charge >= 0.3 is 0 Å². The lowest BCUT2D eigenvalue weighted by molar-refractivity contribution is 0.102. The van der Waals surface area contributed by atoms with Crippen LogP contribution < -0.4 is 5.32 Å². The van der Waals surface area contributed by atoms with Crippen LogP contribution in [-0.4, -0.2) is 19.4 Å². The van der Waals surface area contributed by atoms with Crippen molar-refractivity contribution in [2.45, 2.75) is 6.92 Å². The molecule has 0 saturated heterocycles. The van der Waals surface area contributed by atoms with Gasteiger partial charge in [-0.1, -0.05) is 6.08 Å². The lowest BCUT2D eigenvalue weighted by Gasteiger charge is -1.87. The van der Waals surface area contributed by atoms with Crippen molar-refractivity contribution in [1.82, 2.24) is 5.32 Å². The van der Waals surface area contributed by atoms with Gasteiger partial charge in [-0.2, -0.15) is 0 Å². The highest BCUT2D eigenvalue weighted by Gasteiger charge is 2.00. The van der Waals surface area contributed by atoms with E-state index in [0.29, 0.717) is 0 Å². The maximum atomic E-state index is 11.0. The van der Waals surface area contributed by atoms with Crippen LogP contribution in [0.2, 0.25) is 0 Å². The third kappa shape index (κ3) is 3.13. The SMILES string of the molecule is CNCC=Cc1ccc(C(C)=O)s1. The highest BCUT2D eigenvalue weighted by molar-refractivity contribution is 7.14. The van der Waals surface area contributed by atoms with E-state index in [4.69, 9.17) is 0 Å². The highest BCUT2D eigenvalue weighted by Crippen LogP contribution is 2.17. The van der Waals surface area contributed by atoms with Crippen LogP contribution in [0.4, 0.5) is 0 Å². The van der Waals surface area contributed by atoms with Crippen LogP contribution in [0.15, 0.2) is 18.2 Å². The van der Waals surface area contributed by atoms with Crippen LogP contribution >= 0.6 is 11.3 Å². The second-order valence-electron chi connectivity index (χ2n) is 2.72. The molecule has 1 heterocycles. The van der Waals surface area contributed by atoms with Crippen LogP contribution in [0.1, 0.15) is 21.5 Å². The quantitative estimate of drug-likeness (QED) is 0.746. The van der Waals surface area contributed by atoms with E-state index in [9.17, 15) is 4.79 Å². The van der Waals surface area contributed by atoms with Crippen molar-refractivity contribution in [2.24, 2.45) is 0 Å². The van der Waals surface area contributed by atoms with Crippen molar-refractivity contribution >= 4 is 23.2 Å². The number of ketones is 1. The van der Waals surface area contributed by atoms with Crippen LogP contribution in [0.25, 0.3) is 6.08 Å². The Hall–Kier alpha value is -0.930. The van der Waals surface area contributed by atoms with Crippen molar-refractivity contribution in [2.75, 3.05) is 13.6 Å². The summed E-state index contributed by atoms with van der Waals surface area (Å²) in [5, 5.41) is 3.02. The molecule has 0 aliphatic carbocycles. The normalized spacial score (nSPS) is 10.9. The second-order valence-corrected chi connectivity index (χ2v) is 3.83. The van der Waals surface area contributed by atoms with E-state index < -0.39 is 0 Å². The van der Waals surface area contributed by atoms with E-state index in [1.54, 1.807) is 6.92 Å². The molecule has 2 nitrogen and oxygen atoms in total. The maximum absolute atomic E-state index is 11.0. The molecule has 0 atom stereocenters. The standard InChI is InChI=1S/C10H13NOS/c1-8(12)10-6-5-9(13-10)4-3-7-11-2/h3-6,11H,7H2,1-2H3. The summed E-state index contributed by atoms with van der Waals surface area (Å²) >= 11 is 1.53. The van der Waals surface area contributed by atoms with Crippen molar-refractivity contribution < 1.29 is 4.79 Å². The van der Waals surface area contributed by atoms with Crippen LogP contribution in [0, 0.1) is 0 Å². The van der Waals surface area contributed by atoms with E-state index in [-0.39, 0.29) is 5.78 Å². The van der Waals surface area contributed by atoms with Gasteiger partial charge in [0.05, 0.1) is 4.88 Å². The topological polar surface area (TPSA) is 29.1 Å². The summed E-state index contributed by atoms with van der Waals surface area (Å²) in [7, 11) is 1.90. The average Bonchev–Trinajstić information content (AvgIpc) is 2.53. The van der Waals surface area contributed by atoms with Gasteiger partial charge < -0.3 is 5.32 Å². The number of carbonyl (C=O) groups is 1. The van der Waals surface area contributed by atoms with Gasteiger partial charge in [0.15, 0.2) is 5.78 Å². The van der Waals surface area contributed by atoms with Gasteiger partial charge in [-0.05, 0) is 32.2 Å². The summed E-state index contributed by atoms with van der Waals surface area (Å²) in [6.07, 6.45) is 4.06. The van der Waals surface area contributed by atoms with E-state index in [0.717, 1.165) is 16.3 Å². The largest absolute Gasteiger partial charge is 0.316 e. The first-order valence-electron chi connectivity index (χ1n) is 4.16. The Bertz CT molecular complexity index is 314. The number of Topliss-reactive ketones (excluding diaryl/α,β-unsaturated/α-hetero) is 1. The molecule has 70 valence electrons. The molecule has 13 heavy (non-hydrogen) atoms. The average molecular weight is 195 g/mol. The van der Waals surface area contributed by atoms with Gasteiger partial charge in [0.25, 0.3) is 0 Å². The summed E-state index contributed by atoms with van der Waals surface area (Å²) in [5.74, 6) is 0.137. The molecule has 3 heteroatoms. The molecule has 1 aromatic heterocycles. The monoisotopic (exact) mass is 195 g/mol. The number of thiophene rings is 1. The molecular formula is C10H13NOS. The van der Waals surface area contributed by atoms with Gasteiger partial charge in [0.2, 0.25) is 0 Å². The Labute approximate surface area is 82.3 Å². The fourth-order valence-electron chi connectivity index (χ4n) is 0.925. The Balaban J connectivity index is 2.64. The van der Waals surface area contributed by atoms with Crippen LogP contribution in [0.3, 0.4) is 0 Å². The molecule has 0 unspecified atom stereocenters. The third-order valence-corrected chi connectivity index (χ3v) is 2.73. The minimum atomic E-state index is 0.137. The van der Waals surface area contributed by atoms with E-state index in [1.807, 2.05) is 31.3 Å². The zero-order chi connectivity index (χ0) is 9.68. The lowest BCUT2D eigenvalue weighted by atomic mass is 10.3. The predicted molar refractivity (Wildman–Crippen MR) is 57.3 cm³/mol. The fourth-order valence-corrected chi connectivity index (χ4v) is 1.76. The molecule has 0 radical (unpaired) electrons. The van der Waals surface area contributed by atoms with Crippen molar-refractivity contribution in [3.63, 3.8) is 0 Å². The molecule has 1 aromatic rings. The fraction of sp³-hybridized carbons (Fsp3) is 0.300. The van der Waals surface area contributed by atoms with Gasteiger partial charge in [0.1, 0.15) is 0 Å². The molecule has 0 aliphatic rings. The maximum Gasteiger partial charge on any atom is 0.169 e. The lowest BCUT2D eigenvalue weighted by Crippen LogP contribution is -2.03. The number of hydrogen-bond donors (Lipinski definition) is 1. The first-order valence-corrected chi connectivity index (χ1v) is 4.97. The smallest absolute Gasteiger partial charge is 0.169 e. The van der Waals surface area contributed by atoms with Crippen molar-refractivity contribution in [1.29, 1.82) is 0 Å². The summed E-state index contributed by atoms with van der Waals surface area (Å²) in [4.78, 5) is 12.9. The zero-order valence-electron chi connectivity index (χ0n) is 7.83. The molecule has 0 aliphatic heterocycles. The Morgan fingerprint density at radius 1 is 1.62 bits per heavy atom. The first kappa shape index (κ1) is 10.2. The molecule has 0 aromatic carbocycles. The van der Waals surface area contributed by atoms with Gasteiger partial charge in [-0.3, -0.25) is 4.79 Å². The molecule has 1 N–H and O–H groups in total.